The Bertz CT molecular complexity index is 647. The molecule has 9 heteroatoms. The lowest BCUT2D eigenvalue weighted by Gasteiger charge is -2.04. The number of hydrogen-bond acceptors (Lipinski definition) is 4. The number of hydrogen-bond donors (Lipinski definition) is 1. The second-order valence-corrected chi connectivity index (χ2v) is 4.64. The number of nitro groups is 1. The Kier molecular flexibility index (Phi) is 3.91. The SMILES string of the molecule is O=C(O)c1cn(Cc2c(Cl)cccc2Cl)nc1[N+](=O)[O-]. The van der Waals surface area contributed by atoms with Crippen LogP contribution in [0.3, 0.4) is 0 Å². The first-order valence-corrected chi connectivity index (χ1v) is 6.03. The number of nitrogens with zero attached hydrogens (tertiary/aromatic N) is 3. The molecule has 0 atom stereocenters. The van der Waals surface area contributed by atoms with E-state index in [9.17, 15) is 14.9 Å². The molecule has 0 aliphatic carbocycles. The fourth-order valence-corrected chi connectivity index (χ4v) is 2.14. The fraction of sp³-hybridized carbons (Fsp3) is 0.0909. The number of carboxylic acids is 1. The molecule has 0 spiro atoms. The third-order valence-electron chi connectivity index (χ3n) is 2.53. The lowest BCUT2D eigenvalue weighted by Crippen LogP contribution is -2.02. The molecule has 0 bridgehead atoms. The highest BCUT2D eigenvalue weighted by Gasteiger charge is 2.26. The molecular weight excluding hydrogens is 309 g/mol. The highest BCUT2D eigenvalue weighted by Crippen LogP contribution is 2.26. The molecule has 0 fully saturated rings. The maximum absolute atomic E-state index is 10.9. The Balaban J connectivity index is 2.42. The summed E-state index contributed by atoms with van der Waals surface area (Å²) in [4.78, 5) is 20.8. The summed E-state index contributed by atoms with van der Waals surface area (Å²) in [5.74, 6) is -2.14. The minimum atomic E-state index is -1.42. The molecule has 0 aliphatic heterocycles. The quantitative estimate of drug-likeness (QED) is 0.691. The number of carbonyl (C=O) groups is 1. The van der Waals surface area contributed by atoms with Gasteiger partial charge in [0.05, 0.1) is 17.8 Å². The first-order chi connectivity index (χ1) is 9.40. The van der Waals surface area contributed by atoms with Crippen molar-refractivity contribution in [2.75, 3.05) is 0 Å². The van der Waals surface area contributed by atoms with Crippen molar-refractivity contribution in [2.45, 2.75) is 6.54 Å². The van der Waals surface area contributed by atoms with Crippen molar-refractivity contribution in [3.05, 3.63) is 55.7 Å². The van der Waals surface area contributed by atoms with Gasteiger partial charge in [0, 0.05) is 15.6 Å². The Morgan fingerprint density at radius 2 is 2.00 bits per heavy atom. The van der Waals surface area contributed by atoms with Crippen molar-refractivity contribution >= 4 is 35.0 Å². The summed E-state index contributed by atoms with van der Waals surface area (Å²) in [5.41, 5.74) is 0.0170. The van der Waals surface area contributed by atoms with E-state index in [0.717, 1.165) is 10.9 Å². The normalized spacial score (nSPS) is 10.5. The van der Waals surface area contributed by atoms with Gasteiger partial charge in [0.2, 0.25) is 0 Å². The van der Waals surface area contributed by atoms with Gasteiger partial charge in [-0.3, -0.25) is 0 Å². The van der Waals surface area contributed by atoms with Crippen LogP contribution < -0.4 is 0 Å². The number of aromatic nitrogens is 2. The van der Waals surface area contributed by atoms with Gasteiger partial charge in [-0.25, -0.2) is 4.79 Å². The van der Waals surface area contributed by atoms with Gasteiger partial charge in [0.1, 0.15) is 0 Å². The Morgan fingerprint density at radius 3 is 2.45 bits per heavy atom. The molecule has 2 rings (SSSR count). The first-order valence-electron chi connectivity index (χ1n) is 5.28. The summed E-state index contributed by atoms with van der Waals surface area (Å²) < 4.78 is 1.12. The Labute approximate surface area is 122 Å². The summed E-state index contributed by atoms with van der Waals surface area (Å²) in [6, 6.07) is 4.87. The van der Waals surface area contributed by atoms with Gasteiger partial charge in [-0.15, -0.1) is 0 Å². The molecule has 0 unspecified atom stereocenters. The van der Waals surface area contributed by atoms with Gasteiger partial charge < -0.3 is 15.2 Å². The molecule has 0 radical (unpaired) electrons. The Morgan fingerprint density at radius 1 is 1.40 bits per heavy atom. The Hall–Kier alpha value is -2.12. The maximum Gasteiger partial charge on any atom is 0.404 e. The molecule has 20 heavy (non-hydrogen) atoms. The first kappa shape index (κ1) is 14.3. The molecule has 1 aromatic carbocycles. The molecule has 1 aromatic heterocycles. The predicted octanol–water partition coefficient (Wildman–Crippen LogP) is 2.84. The summed E-state index contributed by atoms with van der Waals surface area (Å²) in [6.45, 7) is 0.0344. The number of benzene rings is 1. The lowest BCUT2D eigenvalue weighted by atomic mass is 10.2. The zero-order valence-corrected chi connectivity index (χ0v) is 11.3. The van der Waals surface area contributed by atoms with E-state index in [1.54, 1.807) is 18.2 Å². The van der Waals surface area contributed by atoms with Crippen LogP contribution in [0.2, 0.25) is 10.0 Å². The van der Waals surface area contributed by atoms with Crippen LogP contribution in [0.1, 0.15) is 15.9 Å². The van der Waals surface area contributed by atoms with Crippen molar-refractivity contribution in [2.24, 2.45) is 0 Å². The van der Waals surface area contributed by atoms with Crippen LogP contribution in [0.5, 0.6) is 0 Å². The second kappa shape index (κ2) is 5.48. The summed E-state index contributed by atoms with van der Waals surface area (Å²) in [5, 5.41) is 24.0. The zero-order chi connectivity index (χ0) is 14.9. The largest absolute Gasteiger partial charge is 0.477 e. The van der Waals surface area contributed by atoms with E-state index in [-0.39, 0.29) is 6.54 Å². The molecule has 0 amide bonds. The van der Waals surface area contributed by atoms with E-state index in [1.165, 1.54) is 0 Å². The molecule has 2 aromatic rings. The van der Waals surface area contributed by atoms with Crippen LogP contribution >= 0.6 is 23.2 Å². The zero-order valence-electron chi connectivity index (χ0n) is 9.79. The lowest BCUT2D eigenvalue weighted by molar-refractivity contribution is -0.390. The molecule has 0 aliphatic rings. The van der Waals surface area contributed by atoms with E-state index >= 15 is 0 Å². The third kappa shape index (κ3) is 2.73. The molecule has 1 heterocycles. The van der Waals surface area contributed by atoms with Crippen molar-refractivity contribution in [1.82, 2.24) is 9.78 Å². The maximum atomic E-state index is 10.9. The van der Waals surface area contributed by atoms with Gasteiger partial charge in [0.25, 0.3) is 0 Å². The number of halogens is 2. The number of aromatic carboxylic acids is 1. The van der Waals surface area contributed by atoms with Crippen LogP contribution in [-0.2, 0) is 6.54 Å². The smallest absolute Gasteiger partial charge is 0.404 e. The highest BCUT2D eigenvalue weighted by atomic mass is 35.5. The number of rotatable bonds is 4. The van der Waals surface area contributed by atoms with E-state index in [1.807, 2.05) is 0 Å². The molecule has 0 saturated heterocycles. The van der Waals surface area contributed by atoms with Crippen LogP contribution in [-0.4, -0.2) is 25.8 Å². The molecular formula is C11H7Cl2N3O4. The van der Waals surface area contributed by atoms with Gasteiger partial charge >= 0.3 is 11.8 Å². The summed E-state index contributed by atoms with van der Waals surface area (Å²) in [6.07, 6.45) is 1.07. The monoisotopic (exact) mass is 315 g/mol. The van der Waals surface area contributed by atoms with E-state index in [0.29, 0.717) is 15.6 Å². The van der Waals surface area contributed by atoms with Crippen LogP contribution in [0, 0.1) is 10.1 Å². The van der Waals surface area contributed by atoms with Crippen molar-refractivity contribution in [1.29, 1.82) is 0 Å². The van der Waals surface area contributed by atoms with Gasteiger partial charge in [-0.05, 0) is 17.1 Å². The van der Waals surface area contributed by atoms with Gasteiger partial charge in [-0.2, -0.15) is 4.68 Å². The van der Waals surface area contributed by atoms with Gasteiger partial charge in [-0.1, -0.05) is 29.3 Å². The topological polar surface area (TPSA) is 98.3 Å². The molecule has 7 nitrogen and oxygen atoms in total. The van der Waals surface area contributed by atoms with Crippen molar-refractivity contribution < 1.29 is 14.8 Å². The average molecular weight is 316 g/mol. The van der Waals surface area contributed by atoms with E-state index < -0.39 is 22.3 Å². The third-order valence-corrected chi connectivity index (χ3v) is 3.24. The molecule has 104 valence electrons. The van der Waals surface area contributed by atoms with E-state index in [2.05, 4.69) is 5.10 Å². The predicted molar refractivity (Wildman–Crippen MR) is 71.4 cm³/mol. The molecule has 0 saturated carbocycles. The van der Waals surface area contributed by atoms with Crippen molar-refractivity contribution in [3.8, 4) is 0 Å². The number of carboxylic acid groups (broad SMARTS) is 1. The van der Waals surface area contributed by atoms with Crippen LogP contribution in [0.4, 0.5) is 5.82 Å². The average Bonchev–Trinajstić information content (AvgIpc) is 2.78. The summed E-state index contributed by atoms with van der Waals surface area (Å²) >= 11 is 12.0. The van der Waals surface area contributed by atoms with Crippen molar-refractivity contribution in [3.63, 3.8) is 0 Å². The highest BCUT2D eigenvalue weighted by molar-refractivity contribution is 6.35. The van der Waals surface area contributed by atoms with Crippen LogP contribution in [0.25, 0.3) is 0 Å². The second-order valence-electron chi connectivity index (χ2n) is 3.83. The molecule has 1 N–H and O–H groups in total. The summed E-state index contributed by atoms with van der Waals surface area (Å²) in [7, 11) is 0. The fourth-order valence-electron chi connectivity index (χ4n) is 1.62. The van der Waals surface area contributed by atoms with Crippen LogP contribution in [0.15, 0.2) is 24.4 Å². The van der Waals surface area contributed by atoms with E-state index in [4.69, 9.17) is 28.3 Å². The minimum absolute atomic E-state index is 0.0344. The standard InChI is InChI=1S/C11H7Cl2N3O4/c12-8-2-1-3-9(13)6(8)4-15-5-7(11(17)18)10(14-15)16(19)20/h1-3,5H,4H2,(H,17,18). The minimum Gasteiger partial charge on any atom is -0.477 e. The van der Waals surface area contributed by atoms with Gasteiger partial charge in [0.15, 0.2) is 5.56 Å².